The normalized spacial score (nSPS) is 15.5. The summed E-state index contributed by atoms with van der Waals surface area (Å²) in [6.07, 6.45) is 1.90. The van der Waals surface area contributed by atoms with Crippen molar-refractivity contribution in [2.45, 2.75) is 19.4 Å². The average molecular weight is 303 g/mol. The van der Waals surface area contributed by atoms with Crippen LogP contribution in [0, 0.1) is 17.6 Å². The minimum absolute atomic E-state index is 0.0447. The number of benzene rings is 1. The molecule has 2 N–H and O–H groups in total. The summed E-state index contributed by atoms with van der Waals surface area (Å²) in [5.74, 6) is -1.28. The number of hydrogen-bond acceptors (Lipinski definition) is 3. The Hall–Kier alpha value is -1.14. The Labute approximate surface area is 121 Å². The van der Waals surface area contributed by atoms with Gasteiger partial charge in [0.05, 0.1) is 6.54 Å². The van der Waals surface area contributed by atoms with Crippen LogP contribution in [0.1, 0.15) is 19.4 Å². The summed E-state index contributed by atoms with van der Waals surface area (Å²) in [6, 6.07) is 2.97. The molecule has 6 heteroatoms. The fourth-order valence-electron chi connectivity index (χ4n) is 1.78. The van der Waals surface area contributed by atoms with Crippen LogP contribution in [0.2, 0.25) is 0 Å². The van der Waals surface area contributed by atoms with Gasteiger partial charge in [0.15, 0.2) is 0 Å². The fraction of sp³-hybridized carbons (Fsp3) is 0.500. The SMILES string of the molecule is CSC[C@@H](C)C(=O)NC[C@@](C)(O)c1ccc(F)cc1F. The van der Waals surface area contributed by atoms with Crippen LogP contribution in [0.4, 0.5) is 8.78 Å². The van der Waals surface area contributed by atoms with Gasteiger partial charge in [0.2, 0.25) is 5.91 Å². The van der Waals surface area contributed by atoms with Crippen LogP contribution in [-0.4, -0.2) is 29.6 Å². The van der Waals surface area contributed by atoms with Crippen molar-refractivity contribution < 1.29 is 18.7 Å². The zero-order chi connectivity index (χ0) is 15.3. The van der Waals surface area contributed by atoms with Crippen molar-refractivity contribution >= 4 is 17.7 Å². The summed E-state index contributed by atoms with van der Waals surface area (Å²) in [4.78, 5) is 11.8. The first-order chi connectivity index (χ1) is 9.27. The van der Waals surface area contributed by atoms with Crippen LogP contribution in [0.25, 0.3) is 0 Å². The molecule has 0 saturated carbocycles. The second-order valence-electron chi connectivity index (χ2n) is 4.97. The molecule has 112 valence electrons. The highest BCUT2D eigenvalue weighted by Crippen LogP contribution is 2.23. The Bertz CT molecular complexity index is 480. The van der Waals surface area contributed by atoms with Crippen LogP contribution in [-0.2, 0) is 10.4 Å². The maximum Gasteiger partial charge on any atom is 0.223 e. The minimum atomic E-state index is -1.59. The monoisotopic (exact) mass is 303 g/mol. The number of aliphatic hydroxyl groups is 1. The number of carbonyl (C=O) groups excluding carboxylic acids is 1. The van der Waals surface area contributed by atoms with E-state index < -0.39 is 17.2 Å². The van der Waals surface area contributed by atoms with Gasteiger partial charge in [0.1, 0.15) is 17.2 Å². The number of nitrogens with one attached hydrogen (secondary N) is 1. The van der Waals surface area contributed by atoms with Crippen LogP contribution in [0.5, 0.6) is 0 Å². The van der Waals surface area contributed by atoms with E-state index in [9.17, 15) is 18.7 Å². The molecule has 0 bridgehead atoms. The number of thioether (sulfide) groups is 1. The fourth-order valence-corrected chi connectivity index (χ4v) is 2.43. The lowest BCUT2D eigenvalue weighted by Gasteiger charge is -2.25. The van der Waals surface area contributed by atoms with E-state index in [1.54, 1.807) is 18.7 Å². The molecule has 0 unspecified atom stereocenters. The molecular weight excluding hydrogens is 284 g/mol. The molecule has 3 nitrogen and oxygen atoms in total. The van der Waals surface area contributed by atoms with Gasteiger partial charge in [-0.2, -0.15) is 11.8 Å². The van der Waals surface area contributed by atoms with E-state index in [2.05, 4.69) is 5.32 Å². The van der Waals surface area contributed by atoms with Crippen molar-refractivity contribution in [3.05, 3.63) is 35.4 Å². The van der Waals surface area contributed by atoms with E-state index in [-0.39, 0.29) is 23.9 Å². The molecule has 1 aromatic carbocycles. The molecule has 0 aliphatic carbocycles. The van der Waals surface area contributed by atoms with Gasteiger partial charge in [-0.05, 0) is 19.2 Å². The Morgan fingerprint density at radius 2 is 2.15 bits per heavy atom. The molecule has 0 heterocycles. The van der Waals surface area contributed by atoms with E-state index >= 15 is 0 Å². The van der Waals surface area contributed by atoms with Gasteiger partial charge >= 0.3 is 0 Å². The molecule has 0 aromatic heterocycles. The molecule has 0 radical (unpaired) electrons. The molecule has 0 spiro atoms. The van der Waals surface area contributed by atoms with Crippen molar-refractivity contribution in [3.63, 3.8) is 0 Å². The Kier molecular flexibility index (Phi) is 5.95. The molecule has 0 aliphatic heterocycles. The van der Waals surface area contributed by atoms with E-state index in [0.29, 0.717) is 11.8 Å². The Morgan fingerprint density at radius 3 is 2.70 bits per heavy atom. The Balaban J connectivity index is 2.72. The lowest BCUT2D eigenvalue weighted by molar-refractivity contribution is -0.125. The first-order valence-corrected chi connectivity index (χ1v) is 7.62. The van der Waals surface area contributed by atoms with Crippen molar-refractivity contribution in [3.8, 4) is 0 Å². The van der Waals surface area contributed by atoms with Gasteiger partial charge < -0.3 is 10.4 Å². The largest absolute Gasteiger partial charge is 0.383 e. The average Bonchev–Trinajstić information content (AvgIpc) is 2.35. The van der Waals surface area contributed by atoms with Crippen LogP contribution in [0.15, 0.2) is 18.2 Å². The van der Waals surface area contributed by atoms with Crippen molar-refractivity contribution in [1.82, 2.24) is 5.32 Å². The molecule has 20 heavy (non-hydrogen) atoms. The number of hydrogen-bond donors (Lipinski definition) is 2. The second-order valence-corrected chi connectivity index (χ2v) is 5.88. The molecule has 0 saturated heterocycles. The third kappa shape index (κ3) is 4.45. The maximum atomic E-state index is 13.6. The topological polar surface area (TPSA) is 49.3 Å². The smallest absolute Gasteiger partial charge is 0.223 e. The van der Waals surface area contributed by atoms with Gasteiger partial charge in [-0.25, -0.2) is 8.78 Å². The standard InChI is InChI=1S/C14H19F2NO2S/c1-9(7-20-3)13(18)17-8-14(2,19)11-5-4-10(15)6-12(11)16/h4-6,9,19H,7-8H2,1-3H3,(H,17,18)/t9-,14-/m1/s1. The molecule has 0 fully saturated rings. The quantitative estimate of drug-likeness (QED) is 0.848. The van der Waals surface area contributed by atoms with Crippen LogP contribution < -0.4 is 5.32 Å². The summed E-state index contributed by atoms with van der Waals surface area (Å²) >= 11 is 1.55. The number of rotatable bonds is 6. The molecule has 1 aromatic rings. The summed E-state index contributed by atoms with van der Waals surface area (Å²) in [6.45, 7) is 3.02. The third-order valence-electron chi connectivity index (χ3n) is 2.98. The molecule has 0 aliphatic rings. The molecule has 1 amide bonds. The van der Waals surface area contributed by atoms with Gasteiger partial charge in [0.25, 0.3) is 0 Å². The predicted octanol–water partition coefficient (Wildman–Crippen LogP) is 2.29. The highest BCUT2D eigenvalue weighted by molar-refractivity contribution is 7.98. The number of halogens is 2. The number of carbonyl (C=O) groups is 1. The summed E-state index contributed by atoms with van der Waals surface area (Å²) < 4.78 is 26.5. The highest BCUT2D eigenvalue weighted by Gasteiger charge is 2.28. The number of amides is 1. The first-order valence-electron chi connectivity index (χ1n) is 6.22. The van der Waals surface area contributed by atoms with E-state index in [0.717, 1.165) is 6.07 Å². The third-order valence-corrected chi connectivity index (χ3v) is 3.82. The Morgan fingerprint density at radius 1 is 1.50 bits per heavy atom. The summed E-state index contributed by atoms with van der Waals surface area (Å²) in [5.41, 5.74) is -1.64. The summed E-state index contributed by atoms with van der Waals surface area (Å²) in [5, 5.41) is 12.8. The van der Waals surface area contributed by atoms with E-state index in [4.69, 9.17) is 0 Å². The highest BCUT2D eigenvalue weighted by atomic mass is 32.2. The van der Waals surface area contributed by atoms with Crippen molar-refractivity contribution in [2.75, 3.05) is 18.6 Å². The van der Waals surface area contributed by atoms with Crippen LogP contribution >= 0.6 is 11.8 Å². The van der Waals surface area contributed by atoms with Gasteiger partial charge in [-0.15, -0.1) is 0 Å². The first kappa shape index (κ1) is 16.9. The lowest BCUT2D eigenvalue weighted by Crippen LogP contribution is -2.41. The lowest BCUT2D eigenvalue weighted by atomic mass is 9.95. The molecule has 2 atom stereocenters. The summed E-state index contributed by atoms with van der Waals surface area (Å²) in [7, 11) is 0. The van der Waals surface area contributed by atoms with Gasteiger partial charge in [-0.1, -0.05) is 13.0 Å². The van der Waals surface area contributed by atoms with Crippen molar-refractivity contribution in [1.29, 1.82) is 0 Å². The second kappa shape index (κ2) is 7.04. The van der Waals surface area contributed by atoms with E-state index in [1.165, 1.54) is 13.0 Å². The van der Waals surface area contributed by atoms with Crippen LogP contribution in [0.3, 0.4) is 0 Å². The maximum absolute atomic E-state index is 13.6. The predicted molar refractivity (Wildman–Crippen MR) is 76.5 cm³/mol. The van der Waals surface area contributed by atoms with Crippen molar-refractivity contribution in [2.24, 2.45) is 5.92 Å². The molecular formula is C14H19F2NO2S. The molecule has 1 rings (SSSR count). The van der Waals surface area contributed by atoms with E-state index in [1.807, 2.05) is 6.26 Å². The zero-order valence-electron chi connectivity index (χ0n) is 11.7. The van der Waals surface area contributed by atoms with Gasteiger partial charge in [0, 0.05) is 23.3 Å². The minimum Gasteiger partial charge on any atom is -0.383 e. The van der Waals surface area contributed by atoms with Gasteiger partial charge in [-0.3, -0.25) is 4.79 Å². The zero-order valence-corrected chi connectivity index (χ0v) is 12.6.